The molecule has 0 atom stereocenters. The van der Waals surface area contributed by atoms with Gasteiger partial charge in [-0.2, -0.15) is 0 Å². The van der Waals surface area contributed by atoms with Crippen LogP contribution in [0.25, 0.3) is 0 Å². The minimum atomic E-state index is -5.61. The average molecular weight is 158 g/mol. The topological polar surface area (TPSA) is 92.2 Å². The van der Waals surface area contributed by atoms with E-state index < -0.39 is 9.05 Å². The first-order chi connectivity index (χ1) is 2.00. The summed E-state index contributed by atoms with van der Waals surface area (Å²) in [6, 6.07) is 0. The van der Waals surface area contributed by atoms with Gasteiger partial charge in [0.25, 0.3) is 0 Å². The van der Waals surface area contributed by atoms with Crippen molar-refractivity contribution < 1.29 is 38.0 Å². The van der Waals surface area contributed by atoms with E-state index in [2.05, 4.69) is 0 Å². The third-order valence-corrected chi connectivity index (χ3v) is 0. The molecule has 0 aromatic rings. The van der Waals surface area contributed by atoms with E-state index in [1.807, 2.05) is 0 Å². The first-order valence-corrected chi connectivity index (χ1v) is 2.45. The Bertz CT molecular complexity index is 29.5. The SMILES string of the molecule is [Al+3].[Li+].[O-][Si]([O-])([O-])[O-].[SiH4]. The van der Waals surface area contributed by atoms with Crippen LogP contribution in [-0.4, -0.2) is 37.4 Å². The minimum absolute atomic E-state index is 0. The van der Waals surface area contributed by atoms with Crippen LogP contribution in [0.5, 0.6) is 0 Å². The van der Waals surface area contributed by atoms with Crippen molar-refractivity contribution in [3.05, 3.63) is 0 Å². The molecule has 0 aromatic heterocycles. The van der Waals surface area contributed by atoms with E-state index in [1.54, 1.807) is 0 Å². The molecule has 0 aliphatic carbocycles. The van der Waals surface area contributed by atoms with Crippen LogP contribution in [0.15, 0.2) is 0 Å². The summed E-state index contributed by atoms with van der Waals surface area (Å²) in [4.78, 5) is 34.3. The van der Waals surface area contributed by atoms with Crippen LogP contribution in [0.1, 0.15) is 0 Å². The molecule has 0 rings (SSSR count). The molecule has 0 N–H and O–H groups in total. The summed E-state index contributed by atoms with van der Waals surface area (Å²) in [5.74, 6) is 0. The second-order valence-corrected chi connectivity index (χ2v) is 1.50. The molecule has 0 heterocycles. The zero-order valence-electron chi connectivity index (χ0n) is 3.71. The Hall–Kier alpha value is 1.40. The molecular formula is H4AlLiO4Si2. The van der Waals surface area contributed by atoms with Crippen LogP contribution in [0.3, 0.4) is 0 Å². The van der Waals surface area contributed by atoms with Crippen LogP contribution >= 0.6 is 0 Å². The van der Waals surface area contributed by atoms with Gasteiger partial charge in [-0.15, -0.1) is 0 Å². The molecule has 0 amide bonds. The fraction of sp³-hybridized carbons (Fsp3) is 0. The van der Waals surface area contributed by atoms with Crippen molar-refractivity contribution in [3.63, 3.8) is 0 Å². The predicted molar refractivity (Wildman–Crippen MR) is 22.8 cm³/mol. The van der Waals surface area contributed by atoms with Gasteiger partial charge in [-0.25, -0.2) is 0 Å². The summed E-state index contributed by atoms with van der Waals surface area (Å²) in [7, 11) is -5.61. The molecule has 0 unspecified atom stereocenters. The predicted octanol–water partition coefficient (Wildman–Crippen LogP) is -9.97. The first kappa shape index (κ1) is 22.7. The minimum Gasteiger partial charge on any atom is -0.894 e. The van der Waals surface area contributed by atoms with Crippen LogP contribution in [-0.2, 0) is 0 Å². The van der Waals surface area contributed by atoms with E-state index in [1.165, 1.54) is 0 Å². The van der Waals surface area contributed by atoms with E-state index in [-0.39, 0.29) is 47.2 Å². The third-order valence-electron chi connectivity index (χ3n) is 0. The molecule has 0 bridgehead atoms. The van der Waals surface area contributed by atoms with Gasteiger partial charge in [0.05, 0.1) is 0 Å². The summed E-state index contributed by atoms with van der Waals surface area (Å²) in [5, 5.41) is 0. The van der Waals surface area contributed by atoms with Crippen molar-refractivity contribution in [2.75, 3.05) is 0 Å². The third kappa shape index (κ3) is 154. The summed E-state index contributed by atoms with van der Waals surface area (Å²) in [6.45, 7) is 0. The van der Waals surface area contributed by atoms with Crippen LogP contribution in [0.4, 0.5) is 0 Å². The van der Waals surface area contributed by atoms with E-state index in [0.29, 0.717) is 0 Å². The molecule has 0 saturated carbocycles. The molecule has 0 aliphatic rings. The molecule has 8 heteroatoms. The normalized spacial score (nSPS) is 7.50. The maximum Gasteiger partial charge on any atom is 3.00 e. The van der Waals surface area contributed by atoms with Crippen molar-refractivity contribution in [1.29, 1.82) is 0 Å². The van der Waals surface area contributed by atoms with Crippen molar-refractivity contribution in [3.8, 4) is 0 Å². The monoisotopic (exact) mass is 158 g/mol. The van der Waals surface area contributed by atoms with Crippen molar-refractivity contribution in [1.82, 2.24) is 0 Å². The van der Waals surface area contributed by atoms with Gasteiger partial charge in [0.15, 0.2) is 0 Å². The van der Waals surface area contributed by atoms with Crippen molar-refractivity contribution in [2.24, 2.45) is 0 Å². The van der Waals surface area contributed by atoms with E-state index >= 15 is 0 Å². The number of rotatable bonds is 0. The van der Waals surface area contributed by atoms with Crippen LogP contribution in [0.2, 0.25) is 0 Å². The molecule has 0 spiro atoms. The fourth-order valence-electron chi connectivity index (χ4n) is 0. The summed E-state index contributed by atoms with van der Waals surface area (Å²) in [6.07, 6.45) is 0. The Morgan fingerprint density at radius 2 is 0.875 bits per heavy atom. The van der Waals surface area contributed by atoms with Gasteiger partial charge in [-0.3, -0.25) is 0 Å². The van der Waals surface area contributed by atoms with E-state index in [0.717, 1.165) is 0 Å². The molecule has 8 heavy (non-hydrogen) atoms. The van der Waals surface area contributed by atoms with Gasteiger partial charge >= 0.3 is 36.2 Å². The summed E-state index contributed by atoms with van der Waals surface area (Å²) >= 11 is 0. The van der Waals surface area contributed by atoms with Crippen LogP contribution in [0, 0.1) is 0 Å². The molecule has 0 saturated heterocycles. The zero-order chi connectivity index (χ0) is 4.50. The van der Waals surface area contributed by atoms with Crippen LogP contribution < -0.4 is 38.0 Å². The molecule has 0 fully saturated rings. The van der Waals surface area contributed by atoms with Gasteiger partial charge in [0.1, 0.15) is 0 Å². The second-order valence-electron chi connectivity index (χ2n) is 0.500. The average Bonchev–Trinajstić information content (AvgIpc) is 0.722. The van der Waals surface area contributed by atoms with Gasteiger partial charge < -0.3 is 28.2 Å². The Labute approximate surface area is 75.4 Å². The smallest absolute Gasteiger partial charge is 0.894 e. The Morgan fingerprint density at radius 3 is 0.875 bits per heavy atom. The Balaban J connectivity index is -0.0000000267. The van der Waals surface area contributed by atoms with Gasteiger partial charge in [-0.1, -0.05) is 0 Å². The van der Waals surface area contributed by atoms with Gasteiger partial charge in [0, 0.05) is 0 Å². The largest absolute Gasteiger partial charge is 3.00 e. The Kier molecular flexibility index (Phi) is 23.9. The second kappa shape index (κ2) is 8.40. The van der Waals surface area contributed by atoms with Crippen molar-refractivity contribution >= 4 is 37.4 Å². The standard InChI is InChI=1S/Al.Li.O4Si.H4Si/c;;1-5(2,3)4;/h;;;1H4/q+3;+1;-4;. The van der Waals surface area contributed by atoms with E-state index in [4.69, 9.17) is 19.2 Å². The molecule has 0 radical (unpaired) electrons. The fourth-order valence-corrected chi connectivity index (χ4v) is 0. The van der Waals surface area contributed by atoms with Crippen molar-refractivity contribution in [2.45, 2.75) is 0 Å². The number of hydrogen-bond donors (Lipinski definition) is 0. The zero-order valence-corrected chi connectivity index (χ0v) is 5.87. The molecule has 0 aliphatic heterocycles. The van der Waals surface area contributed by atoms with Gasteiger partial charge in [-0.05, 0) is 11.0 Å². The summed E-state index contributed by atoms with van der Waals surface area (Å²) < 4.78 is 0. The maximum atomic E-state index is 8.58. The van der Waals surface area contributed by atoms with Gasteiger partial charge in [0.2, 0.25) is 0 Å². The molecular weight excluding hydrogens is 154 g/mol. The molecule has 4 nitrogen and oxygen atoms in total. The first-order valence-electron chi connectivity index (χ1n) is 0.816. The maximum absolute atomic E-state index is 8.58. The number of hydrogen-bond acceptors (Lipinski definition) is 4. The quantitative estimate of drug-likeness (QED) is 0.327. The Morgan fingerprint density at radius 1 is 0.875 bits per heavy atom. The summed E-state index contributed by atoms with van der Waals surface area (Å²) in [5.41, 5.74) is 0. The molecule has 0 aromatic carbocycles. The molecule has 40 valence electrons. The van der Waals surface area contributed by atoms with E-state index in [9.17, 15) is 0 Å².